The summed E-state index contributed by atoms with van der Waals surface area (Å²) >= 11 is 3.65. The smallest absolute Gasteiger partial charge is 0.162 e. The number of methoxy groups -OCH3 is 1. The van der Waals surface area contributed by atoms with Crippen LogP contribution in [0.15, 0.2) is 4.47 Å². The summed E-state index contributed by atoms with van der Waals surface area (Å²) in [4.78, 5) is 9.50. The SMILES string of the molecule is CCCNc1nc(C2(OC)CCC2)nc(CCC)c1Br. The van der Waals surface area contributed by atoms with E-state index in [1.165, 1.54) is 6.42 Å². The normalized spacial score (nSPS) is 16.8. The van der Waals surface area contributed by atoms with Crippen LogP contribution in [-0.2, 0) is 16.8 Å². The third-order valence-electron chi connectivity index (χ3n) is 3.91. The highest BCUT2D eigenvalue weighted by Crippen LogP contribution is 2.43. The van der Waals surface area contributed by atoms with Gasteiger partial charge in [-0.15, -0.1) is 0 Å². The minimum atomic E-state index is -0.258. The summed E-state index contributed by atoms with van der Waals surface area (Å²) < 4.78 is 6.73. The van der Waals surface area contributed by atoms with Gasteiger partial charge in [-0.3, -0.25) is 0 Å². The van der Waals surface area contributed by atoms with Crippen LogP contribution in [0.25, 0.3) is 0 Å². The van der Waals surface area contributed by atoms with Crippen LogP contribution in [0.2, 0.25) is 0 Å². The number of rotatable bonds is 7. The molecule has 2 rings (SSSR count). The van der Waals surface area contributed by atoms with Gasteiger partial charge in [-0.25, -0.2) is 9.97 Å². The minimum Gasteiger partial charge on any atom is -0.370 e. The number of aryl methyl sites for hydroxylation is 1. The molecule has 0 bridgehead atoms. The second kappa shape index (κ2) is 6.85. The first-order valence-electron chi connectivity index (χ1n) is 7.52. The van der Waals surface area contributed by atoms with Crippen LogP contribution in [0.5, 0.6) is 0 Å². The summed E-state index contributed by atoms with van der Waals surface area (Å²) in [6.45, 7) is 5.24. The van der Waals surface area contributed by atoms with Gasteiger partial charge in [0.15, 0.2) is 5.82 Å². The van der Waals surface area contributed by atoms with Gasteiger partial charge >= 0.3 is 0 Å². The monoisotopic (exact) mass is 341 g/mol. The van der Waals surface area contributed by atoms with Crippen molar-refractivity contribution in [3.63, 3.8) is 0 Å². The van der Waals surface area contributed by atoms with Crippen LogP contribution in [0, 0.1) is 0 Å². The number of halogens is 1. The van der Waals surface area contributed by atoms with E-state index in [9.17, 15) is 0 Å². The summed E-state index contributed by atoms with van der Waals surface area (Å²) in [7, 11) is 1.77. The third kappa shape index (κ3) is 2.98. The van der Waals surface area contributed by atoms with Crippen molar-refractivity contribution in [2.45, 2.75) is 58.0 Å². The fourth-order valence-electron chi connectivity index (χ4n) is 2.48. The first-order valence-corrected chi connectivity index (χ1v) is 8.32. The Hall–Kier alpha value is -0.680. The standard InChI is InChI=1S/C15H24BrN3O/c1-4-7-11-12(16)13(17-10-5-2)19-14(18-11)15(20-3)8-6-9-15/h4-10H2,1-3H3,(H,17,18,19). The molecule has 4 nitrogen and oxygen atoms in total. The Morgan fingerprint density at radius 1 is 1.25 bits per heavy atom. The Kier molecular flexibility index (Phi) is 5.38. The van der Waals surface area contributed by atoms with E-state index in [4.69, 9.17) is 14.7 Å². The summed E-state index contributed by atoms with van der Waals surface area (Å²) in [5.41, 5.74) is 0.825. The van der Waals surface area contributed by atoms with Gasteiger partial charge in [-0.05, 0) is 48.0 Å². The highest BCUT2D eigenvalue weighted by atomic mass is 79.9. The Balaban J connectivity index is 2.38. The lowest BCUT2D eigenvalue weighted by Crippen LogP contribution is -2.38. The van der Waals surface area contributed by atoms with E-state index >= 15 is 0 Å². The van der Waals surface area contributed by atoms with Crippen LogP contribution in [-0.4, -0.2) is 23.6 Å². The highest BCUT2D eigenvalue weighted by molar-refractivity contribution is 9.10. The zero-order valence-corrected chi connectivity index (χ0v) is 14.2. The molecule has 1 aliphatic carbocycles. The van der Waals surface area contributed by atoms with Gasteiger partial charge in [0.2, 0.25) is 0 Å². The molecular weight excluding hydrogens is 318 g/mol. The van der Waals surface area contributed by atoms with Crippen molar-refractivity contribution in [3.8, 4) is 0 Å². The van der Waals surface area contributed by atoms with Gasteiger partial charge in [-0.1, -0.05) is 20.3 Å². The molecule has 1 aliphatic rings. The zero-order chi connectivity index (χ0) is 14.6. The van der Waals surface area contributed by atoms with E-state index in [0.29, 0.717) is 0 Å². The lowest BCUT2D eigenvalue weighted by molar-refractivity contribution is -0.0847. The lowest BCUT2D eigenvalue weighted by Gasteiger charge is -2.39. The molecule has 1 fully saturated rings. The first kappa shape index (κ1) is 15.7. The van der Waals surface area contributed by atoms with Crippen LogP contribution >= 0.6 is 15.9 Å². The molecule has 0 unspecified atom stereocenters. The van der Waals surface area contributed by atoms with Crippen LogP contribution in [0.1, 0.15) is 57.5 Å². The quantitative estimate of drug-likeness (QED) is 0.812. The third-order valence-corrected chi connectivity index (χ3v) is 4.74. The molecule has 20 heavy (non-hydrogen) atoms. The number of anilines is 1. The second-order valence-electron chi connectivity index (χ2n) is 5.39. The molecule has 0 aromatic carbocycles. The first-order chi connectivity index (χ1) is 9.66. The van der Waals surface area contributed by atoms with Crippen molar-refractivity contribution in [1.82, 2.24) is 9.97 Å². The van der Waals surface area contributed by atoms with Crippen molar-refractivity contribution < 1.29 is 4.74 Å². The van der Waals surface area contributed by atoms with Gasteiger partial charge in [0.05, 0.1) is 10.2 Å². The predicted molar refractivity (Wildman–Crippen MR) is 85.0 cm³/mol. The molecule has 1 N–H and O–H groups in total. The molecule has 112 valence electrons. The Morgan fingerprint density at radius 2 is 2.00 bits per heavy atom. The number of aromatic nitrogens is 2. The molecule has 5 heteroatoms. The van der Waals surface area contributed by atoms with E-state index in [2.05, 4.69) is 35.1 Å². The predicted octanol–water partition coefficient (Wildman–Crippen LogP) is 4.04. The minimum absolute atomic E-state index is 0.258. The summed E-state index contributed by atoms with van der Waals surface area (Å²) in [5.74, 6) is 1.75. The fraction of sp³-hybridized carbons (Fsp3) is 0.733. The van der Waals surface area contributed by atoms with Crippen LogP contribution in [0.4, 0.5) is 5.82 Å². The fourth-order valence-corrected chi connectivity index (χ4v) is 2.99. The van der Waals surface area contributed by atoms with E-state index in [1.54, 1.807) is 7.11 Å². The second-order valence-corrected chi connectivity index (χ2v) is 6.18. The molecule has 0 radical (unpaired) electrons. The molecule has 1 heterocycles. The molecule has 0 spiro atoms. The van der Waals surface area contributed by atoms with E-state index in [1.807, 2.05) is 0 Å². The molecule has 0 aliphatic heterocycles. The number of nitrogens with zero attached hydrogens (tertiary/aromatic N) is 2. The number of nitrogens with one attached hydrogen (secondary N) is 1. The Labute approximate surface area is 129 Å². The molecule has 1 aromatic heterocycles. The molecule has 1 aromatic rings. The summed E-state index contributed by atoms with van der Waals surface area (Å²) in [5, 5.41) is 3.39. The maximum Gasteiger partial charge on any atom is 0.162 e. The topological polar surface area (TPSA) is 47.0 Å². The van der Waals surface area contributed by atoms with Gasteiger partial charge in [0.1, 0.15) is 11.4 Å². The molecule has 0 saturated heterocycles. The molecular formula is C15H24BrN3O. The molecule has 0 amide bonds. The number of ether oxygens (including phenoxy) is 1. The van der Waals surface area contributed by atoms with E-state index < -0.39 is 0 Å². The summed E-state index contributed by atoms with van der Waals surface area (Å²) in [6, 6.07) is 0. The lowest BCUT2D eigenvalue weighted by atomic mass is 9.79. The molecule has 0 atom stereocenters. The van der Waals surface area contributed by atoms with Crippen molar-refractivity contribution in [2.75, 3.05) is 19.0 Å². The maximum absolute atomic E-state index is 5.72. The Morgan fingerprint density at radius 3 is 2.50 bits per heavy atom. The van der Waals surface area contributed by atoms with Crippen molar-refractivity contribution >= 4 is 21.7 Å². The number of hydrogen-bond acceptors (Lipinski definition) is 4. The van der Waals surface area contributed by atoms with Crippen LogP contribution < -0.4 is 5.32 Å². The van der Waals surface area contributed by atoms with Crippen molar-refractivity contribution in [1.29, 1.82) is 0 Å². The highest BCUT2D eigenvalue weighted by Gasteiger charge is 2.42. The van der Waals surface area contributed by atoms with E-state index in [-0.39, 0.29) is 5.60 Å². The van der Waals surface area contributed by atoms with E-state index in [0.717, 1.165) is 60.5 Å². The van der Waals surface area contributed by atoms with Crippen LogP contribution in [0.3, 0.4) is 0 Å². The largest absolute Gasteiger partial charge is 0.370 e. The van der Waals surface area contributed by atoms with Crippen molar-refractivity contribution in [3.05, 3.63) is 16.0 Å². The molecule has 1 saturated carbocycles. The zero-order valence-electron chi connectivity index (χ0n) is 12.6. The van der Waals surface area contributed by atoms with Gasteiger partial charge in [0.25, 0.3) is 0 Å². The average molecular weight is 342 g/mol. The van der Waals surface area contributed by atoms with Gasteiger partial charge < -0.3 is 10.1 Å². The number of hydrogen-bond donors (Lipinski definition) is 1. The van der Waals surface area contributed by atoms with Crippen molar-refractivity contribution in [2.24, 2.45) is 0 Å². The average Bonchev–Trinajstić information content (AvgIpc) is 2.40. The van der Waals surface area contributed by atoms with Gasteiger partial charge in [0, 0.05) is 13.7 Å². The van der Waals surface area contributed by atoms with Gasteiger partial charge in [-0.2, -0.15) is 0 Å². The maximum atomic E-state index is 5.72. The Bertz CT molecular complexity index is 455. The summed E-state index contributed by atoms with van der Waals surface area (Å²) in [6.07, 6.45) is 6.32.